The van der Waals surface area contributed by atoms with Gasteiger partial charge in [-0.2, -0.15) is 0 Å². The zero-order chi connectivity index (χ0) is 11.4. The van der Waals surface area contributed by atoms with E-state index in [4.69, 9.17) is 0 Å². The fourth-order valence-corrected chi connectivity index (χ4v) is 3.24. The van der Waals surface area contributed by atoms with Crippen LogP contribution in [0.2, 0.25) is 0 Å². The first-order valence-corrected chi connectivity index (χ1v) is 7.12. The first-order valence-electron chi connectivity index (χ1n) is 7.12. The van der Waals surface area contributed by atoms with Gasteiger partial charge < -0.3 is 5.32 Å². The third kappa shape index (κ3) is 3.46. The maximum atomic E-state index is 3.51. The van der Waals surface area contributed by atoms with Crippen molar-refractivity contribution in [2.24, 2.45) is 5.41 Å². The zero-order valence-corrected chi connectivity index (χ0v) is 11.1. The molecule has 1 aliphatic heterocycles. The topological polar surface area (TPSA) is 15.3 Å². The minimum Gasteiger partial charge on any atom is -0.315 e. The van der Waals surface area contributed by atoms with Crippen molar-refractivity contribution in [3.8, 4) is 0 Å². The van der Waals surface area contributed by atoms with Crippen molar-refractivity contribution in [2.75, 3.05) is 26.2 Å². The van der Waals surface area contributed by atoms with Crippen molar-refractivity contribution in [3.63, 3.8) is 0 Å². The molecule has 2 nitrogen and oxygen atoms in total. The van der Waals surface area contributed by atoms with Crippen LogP contribution in [0.15, 0.2) is 0 Å². The van der Waals surface area contributed by atoms with Crippen LogP contribution in [0.25, 0.3) is 0 Å². The molecule has 0 bridgehead atoms. The van der Waals surface area contributed by atoms with E-state index in [1.54, 1.807) is 0 Å². The van der Waals surface area contributed by atoms with Gasteiger partial charge in [-0.15, -0.1) is 0 Å². The van der Waals surface area contributed by atoms with E-state index < -0.39 is 0 Å². The smallest absolute Gasteiger partial charge is 0.0110 e. The van der Waals surface area contributed by atoms with Crippen molar-refractivity contribution >= 4 is 0 Å². The molecule has 0 spiro atoms. The lowest BCUT2D eigenvalue weighted by atomic mass is 9.85. The number of nitrogens with one attached hydrogen (secondary N) is 1. The summed E-state index contributed by atoms with van der Waals surface area (Å²) in [7, 11) is 0. The summed E-state index contributed by atoms with van der Waals surface area (Å²) in [6.45, 7) is 9.89. The Morgan fingerprint density at radius 3 is 2.75 bits per heavy atom. The summed E-state index contributed by atoms with van der Waals surface area (Å²) in [5.74, 6) is 0. The highest BCUT2D eigenvalue weighted by molar-refractivity contribution is 4.82. The fourth-order valence-electron chi connectivity index (χ4n) is 3.24. The van der Waals surface area contributed by atoms with Crippen molar-refractivity contribution in [1.29, 1.82) is 0 Å². The van der Waals surface area contributed by atoms with Crippen LogP contribution in [0.1, 0.15) is 52.4 Å². The van der Waals surface area contributed by atoms with E-state index in [2.05, 4.69) is 24.1 Å². The van der Waals surface area contributed by atoms with Crippen LogP contribution in [0.5, 0.6) is 0 Å². The Bertz CT molecular complexity index is 205. The Morgan fingerprint density at radius 1 is 1.00 bits per heavy atom. The molecule has 1 N–H and O–H groups in total. The van der Waals surface area contributed by atoms with Crippen LogP contribution in [0.3, 0.4) is 0 Å². The van der Waals surface area contributed by atoms with Crippen molar-refractivity contribution in [1.82, 2.24) is 10.2 Å². The van der Waals surface area contributed by atoms with Crippen LogP contribution in [-0.2, 0) is 0 Å². The van der Waals surface area contributed by atoms with Gasteiger partial charge in [0.15, 0.2) is 0 Å². The summed E-state index contributed by atoms with van der Waals surface area (Å²) < 4.78 is 0. The van der Waals surface area contributed by atoms with Crippen molar-refractivity contribution in [3.05, 3.63) is 0 Å². The highest BCUT2D eigenvalue weighted by atomic mass is 15.2. The Kier molecular flexibility index (Phi) is 4.26. The van der Waals surface area contributed by atoms with Gasteiger partial charge in [-0.3, -0.25) is 4.90 Å². The Morgan fingerprint density at radius 2 is 1.88 bits per heavy atom. The van der Waals surface area contributed by atoms with E-state index in [-0.39, 0.29) is 0 Å². The predicted molar refractivity (Wildman–Crippen MR) is 69.7 cm³/mol. The lowest BCUT2D eigenvalue weighted by molar-refractivity contribution is 0.185. The molecule has 0 aromatic rings. The molecule has 2 rings (SSSR count). The molecular formula is C14H28N2. The molecule has 2 fully saturated rings. The molecule has 1 heterocycles. The lowest BCUT2D eigenvalue weighted by Crippen LogP contribution is -2.37. The van der Waals surface area contributed by atoms with E-state index in [0.29, 0.717) is 5.41 Å². The van der Waals surface area contributed by atoms with Gasteiger partial charge in [0.1, 0.15) is 0 Å². The van der Waals surface area contributed by atoms with Crippen LogP contribution >= 0.6 is 0 Å². The average Bonchev–Trinajstić information content (AvgIpc) is 2.58. The first-order chi connectivity index (χ1) is 7.67. The van der Waals surface area contributed by atoms with Gasteiger partial charge in [0.25, 0.3) is 0 Å². The van der Waals surface area contributed by atoms with E-state index in [9.17, 15) is 0 Å². The molecular weight excluding hydrogens is 196 g/mol. The van der Waals surface area contributed by atoms with E-state index in [1.165, 1.54) is 64.7 Å². The molecule has 1 saturated carbocycles. The van der Waals surface area contributed by atoms with Gasteiger partial charge in [-0.1, -0.05) is 20.3 Å². The van der Waals surface area contributed by atoms with Gasteiger partial charge in [0, 0.05) is 19.1 Å². The molecule has 1 unspecified atom stereocenters. The predicted octanol–water partition coefficient (Wildman–Crippen LogP) is 2.64. The summed E-state index contributed by atoms with van der Waals surface area (Å²) in [6.07, 6.45) is 8.47. The first kappa shape index (κ1) is 12.4. The molecule has 2 heteroatoms. The molecule has 1 saturated heterocycles. The van der Waals surface area contributed by atoms with Crippen molar-refractivity contribution < 1.29 is 0 Å². The van der Waals surface area contributed by atoms with Gasteiger partial charge in [-0.05, 0) is 50.6 Å². The number of hydrogen-bond donors (Lipinski definition) is 1. The minimum absolute atomic E-state index is 0.596. The normalized spacial score (nSPS) is 33.0. The Balaban J connectivity index is 1.88. The van der Waals surface area contributed by atoms with Crippen molar-refractivity contribution in [2.45, 2.75) is 58.4 Å². The largest absolute Gasteiger partial charge is 0.315 e. The average molecular weight is 224 g/mol. The second-order valence-electron chi connectivity index (χ2n) is 6.39. The van der Waals surface area contributed by atoms with Gasteiger partial charge in [0.05, 0.1) is 0 Å². The van der Waals surface area contributed by atoms with Gasteiger partial charge in [0.2, 0.25) is 0 Å². The maximum absolute atomic E-state index is 3.51. The highest BCUT2D eigenvalue weighted by Gasteiger charge is 2.27. The summed E-state index contributed by atoms with van der Waals surface area (Å²) in [5.41, 5.74) is 0.596. The summed E-state index contributed by atoms with van der Waals surface area (Å²) in [6, 6.07) is 0.877. The van der Waals surface area contributed by atoms with Gasteiger partial charge >= 0.3 is 0 Å². The number of nitrogens with zero attached hydrogens (tertiary/aromatic N) is 1. The van der Waals surface area contributed by atoms with Crippen LogP contribution < -0.4 is 5.32 Å². The molecule has 2 aliphatic rings. The SMILES string of the molecule is CC1(C)CCCC(N2CCCNCC2)CC1. The molecule has 16 heavy (non-hydrogen) atoms. The zero-order valence-electron chi connectivity index (χ0n) is 11.1. The second kappa shape index (κ2) is 5.50. The Labute approximate surface area is 101 Å². The molecule has 0 amide bonds. The number of hydrogen-bond acceptors (Lipinski definition) is 2. The summed E-state index contributed by atoms with van der Waals surface area (Å²) in [5, 5.41) is 3.51. The standard InChI is InChI=1S/C14H28N2/c1-14(2)7-3-5-13(6-8-14)16-11-4-9-15-10-12-16/h13,15H,3-12H2,1-2H3. The van der Waals surface area contributed by atoms with E-state index in [0.717, 1.165) is 6.04 Å². The quantitative estimate of drug-likeness (QED) is 0.689. The number of rotatable bonds is 1. The van der Waals surface area contributed by atoms with Gasteiger partial charge in [-0.25, -0.2) is 0 Å². The molecule has 94 valence electrons. The Hall–Kier alpha value is -0.0800. The van der Waals surface area contributed by atoms with E-state index >= 15 is 0 Å². The van der Waals surface area contributed by atoms with E-state index in [1.807, 2.05) is 0 Å². The molecule has 0 radical (unpaired) electrons. The molecule has 0 aromatic carbocycles. The summed E-state index contributed by atoms with van der Waals surface area (Å²) >= 11 is 0. The third-order valence-corrected chi connectivity index (χ3v) is 4.44. The van der Waals surface area contributed by atoms with Crippen LogP contribution in [0, 0.1) is 5.41 Å². The lowest BCUT2D eigenvalue weighted by Gasteiger charge is -2.30. The third-order valence-electron chi connectivity index (χ3n) is 4.44. The molecule has 1 atom stereocenters. The van der Waals surface area contributed by atoms with Crippen LogP contribution in [-0.4, -0.2) is 37.1 Å². The van der Waals surface area contributed by atoms with Crippen LogP contribution in [0.4, 0.5) is 0 Å². The maximum Gasteiger partial charge on any atom is 0.0110 e. The molecule has 1 aliphatic carbocycles. The monoisotopic (exact) mass is 224 g/mol. The fraction of sp³-hybridized carbons (Fsp3) is 1.00. The second-order valence-corrected chi connectivity index (χ2v) is 6.39. The minimum atomic E-state index is 0.596. The summed E-state index contributed by atoms with van der Waals surface area (Å²) in [4.78, 5) is 2.75. The molecule has 0 aromatic heterocycles. The highest BCUT2D eigenvalue weighted by Crippen LogP contribution is 2.35.